The lowest BCUT2D eigenvalue weighted by Gasteiger charge is -2.09. The topological polar surface area (TPSA) is 147 Å². The average molecular weight is 516 g/mol. The summed E-state index contributed by atoms with van der Waals surface area (Å²) >= 11 is 6.12. The summed E-state index contributed by atoms with van der Waals surface area (Å²) in [6.45, 7) is 0.173. The van der Waals surface area contributed by atoms with Crippen LogP contribution < -0.4 is 20.1 Å². The number of hydrogen-bond acceptors (Lipinski definition) is 7. The van der Waals surface area contributed by atoms with Crippen molar-refractivity contribution in [3.8, 4) is 22.9 Å². The van der Waals surface area contributed by atoms with E-state index >= 15 is 0 Å². The molecule has 184 valence electrons. The zero-order chi connectivity index (χ0) is 25.4. The first kappa shape index (κ1) is 22.6. The normalized spacial score (nSPS) is 12.0. The molecule has 37 heavy (non-hydrogen) atoms. The predicted molar refractivity (Wildman–Crippen MR) is 136 cm³/mol. The molecule has 11 nitrogen and oxygen atoms in total. The van der Waals surface area contributed by atoms with Crippen molar-refractivity contribution in [2.24, 2.45) is 0 Å². The third-order valence-electron chi connectivity index (χ3n) is 5.79. The molecule has 0 atom stereocenters. The Kier molecular flexibility index (Phi) is 5.66. The molecule has 0 aliphatic carbocycles. The maximum atomic E-state index is 13.1. The number of H-pyrrole nitrogens is 2. The van der Waals surface area contributed by atoms with Gasteiger partial charge in [-0.25, -0.2) is 0 Å². The molecule has 0 saturated carbocycles. The van der Waals surface area contributed by atoms with E-state index in [9.17, 15) is 9.59 Å². The highest BCUT2D eigenvalue weighted by Gasteiger charge is 2.18. The Morgan fingerprint density at radius 2 is 1.86 bits per heavy atom. The van der Waals surface area contributed by atoms with E-state index in [0.717, 1.165) is 10.9 Å². The molecule has 5 aromatic rings. The van der Waals surface area contributed by atoms with Crippen molar-refractivity contribution < 1.29 is 19.1 Å². The summed E-state index contributed by atoms with van der Waals surface area (Å²) in [6, 6.07) is 17.5. The minimum absolute atomic E-state index is 0.149. The van der Waals surface area contributed by atoms with Gasteiger partial charge in [-0.05, 0) is 53.2 Å². The number of benzene rings is 3. The molecule has 0 saturated heterocycles. The van der Waals surface area contributed by atoms with Crippen LogP contribution >= 0.6 is 11.6 Å². The number of hydrogen-bond donors (Lipinski definition) is 4. The summed E-state index contributed by atoms with van der Waals surface area (Å²) in [5, 5.41) is 20.9. The number of amides is 2. The molecule has 0 unspecified atom stereocenters. The summed E-state index contributed by atoms with van der Waals surface area (Å²) in [4.78, 5) is 29.0. The van der Waals surface area contributed by atoms with Crippen molar-refractivity contribution >= 4 is 45.7 Å². The summed E-state index contributed by atoms with van der Waals surface area (Å²) in [6.07, 6.45) is 0.149. The molecule has 1 aliphatic heterocycles. The maximum Gasteiger partial charge on any atom is 0.272 e. The third kappa shape index (κ3) is 4.55. The van der Waals surface area contributed by atoms with Crippen molar-refractivity contribution in [2.75, 3.05) is 17.4 Å². The lowest BCUT2D eigenvalue weighted by molar-refractivity contribution is -0.115. The molecular weight excluding hydrogens is 498 g/mol. The van der Waals surface area contributed by atoms with Crippen LogP contribution in [0.3, 0.4) is 0 Å². The van der Waals surface area contributed by atoms with Gasteiger partial charge in [0.2, 0.25) is 18.5 Å². The summed E-state index contributed by atoms with van der Waals surface area (Å²) in [5.74, 6) is 0.977. The first-order valence-corrected chi connectivity index (χ1v) is 11.6. The lowest BCUT2D eigenvalue weighted by atomic mass is 10.1. The number of aromatic amines is 2. The number of aromatic nitrogens is 5. The van der Waals surface area contributed by atoms with Gasteiger partial charge >= 0.3 is 0 Å². The van der Waals surface area contributed by atoms with E-state index in [1.807, 2.05) is 18.2 Å². The number of para-hydroxylation sites is 1. The standard InChI is InChI=1S/C25H18ClN7O4/c26-15-5-6-17(16(11-15)24-30-32-33-31-24)29-25(35)19-10-14-2-1-3-18(23(14)28-19)27-22(34)9-13-4-7-20-21(8-13)37-12-36-20/h1-8,10-11,28H,9,12H2,(H,27,34)(H,29,35)(H,30,31,32,33). The molecule has 0 fully saturated rings. The average Bonchev–Trinajstić information content (AvgIpc) is 3.65. The number of rotatable bonds is 6. The highest BCUT2D eigenvalue weighted by molar-refractivity contribution is 6.31. The molecule has 2 amide bonds. The number of fused-ring (bicyclic) bond motifs is 2. The van der Waals surface area contributed by atoms with E-state index in [1.54, 1.807) is 42.5 Å². The van der Waals surface area contributed by atoms with Crippen LogP contribution in [0.4, 0.5) is 11.4 Å². The molecule has 3 heterocycles. The first-order valence-electron chi connectivity index (χ1n) is 11.2. The second-order valence-electron chi connectivity index (χ2n) is 8.24. The molecular formula is C25H18ClN7O4. The fourth-order valence-electron chi connectivity index (χ4n) is 4.09. The number of tetrazole rings is 1. The highest BCUT2D eigenvalue weighted by Crippen LogP contribution is 2.33. The molecule has 0 bridgehead atoms. The summed E-state index contributed by atoms with van der Waals surface area (Å²) in [5.41, 5.74) is 3.26. The Balaban J connectivity index is 1.21. The second kappa shape index (κ2) is 9.28. The van der Waals surface area contributed by atoms with Gasteiger partial charge in [-0.15, -0.1) is 10.2 Å². The van der Waals surface area contributed by atoms with Crippen molar-refractivity contribution in [1.82, 2.24) is 25.6 Å². The fraction of sp³-hybridized carbons (Fsp3) is 0.0800. The lowest BCUT2D eigenvalue weighted by Crippen LogP contribution is -2.15. The van der Waals surface area contributed by atoms with E-state index in [1.165, 1.54) is 0 Å². The minimum Gasteiger partial charge on any atom is -0.454 e. The molecule has 0 spiro atoms. The van der Waals surface area contributed by atoms with Crippen molar-refractivity contribution in [3.05, 3.63) is 76.9 Å². The summed E-state index contributed by atoms with van der Waals surface area (Å²) in [7, 11) is 0. The number of ether oxygens (including phenoxy) is 2. The van der Waals surface area contributed by atoms with Gasteiger partial charge in [-0.2, -0.15) is 5.21 Å². The first-order chi connectivity index (χ1) is 18.0. The SMILES string of the molecule is O=C(Cc1ccc2c(c1)OCO2)Nc1cccc2cc(C(=O)Nc3ccc(Cl)cc3-c3nn[nH]n3)[nH]c12. The Morgan fingerprint density at radius 3 is 2.73 bits per heavy atom. The van der Waals surface area contributed by atoms with Gasteiger partial charge in [0.1, 0.15) is 5.69 Å². The third-order valence-corrected chi connectivity index (χ3v) is 6.03. The van der Waals surface area contributed by atoms with Gasteiger partial charge in [0.25, 0.3) is 5.91 Å². The van der Waals surface area contributed by atoms with Crippen molar-refractivity contribution in [1.29, 1.82) is 0 Å². The monoisotopic (exact) mass is 515 g/mol. The van der Waals surface area contributed by atoms with E-state index in [-0.39, 0.29) is 25.0 Å². The van der Waals surface area contributed by atoms with Gasteiger partial charge in [0.15, 0.2) is 11.5 Å². The van der Waals surface area contributed by atoms with Crippen LogP contribution in [0.15, 0.2) is 60.7 Å². The fourth-order valence-corrected chi connectivity index (χ4v) is 4.26. The highest BCUT2D eigenvalue weighted by atomic mass is 35.5. The van der Waals surface area contributed by atoms with Crippen LogP contribution in [0.5, 0.6) is 11.5 Å². The number of carbonyl (C=O) groups excluding carboxylic acids is 2. The quantitative estimate of drug-likeness (QED) is 0.265. The van der Waals surface area contributed by atoms with Gasteiger partial charge in [0, 0.05) is 16.0 Å². The Bertz CT molecular complexity index is 1650. The van der Waals surface area contributed by atoms with E-state index in [4.69, 9.17) is 21.1 Å². The molecule has 12 heteroatoms. The van der Waals surface area contributed by atoms with E-state index in [0.29, 0.717) is 50.5 Å². The van der Waals surface area contributed by atoms with Crippen molar-refractivity contribution in [2.45, 2.75) is 6.42 Å². The maximum absolute atomic E-state index is 13.1. The Morgan fingerprint density at radius 1 is 0.973 bits per heavy atom. The molecule has 6 rings (SSSR count). The van der Waals surface area contributed by atoms with Gasteiger partial charge < -0.3 is 25.1 Å². The number of carbonyl (C=O) groups is 2. The zero-order valence-electron chi connectivity index (χ0n) is 19.0. The van der Waals surface area contributed by atoms with Crippen LogP contribution in [0.25, 0.3) is 22.3 Å². The van der Waals surface area contributed by atoms with E-state index < -0.39 is 0 Å². The van der Waals surface area contributed by atoms with Gasteiger partial charge in [-0.3, -0.25) is 9.59 Å². The largest absolute Gasteiger partial charge is 0.454 e. The van der Waals surface area contributed by atoms with E-state index in [2.05, 4.69) is 36.2 Å². The number of anilines is 2. The van der Waals surface area contributed by atoms with Crippen LogP contribution in [-0.2, 0) is 11.2 Å². The van der Waals surface area contributed by atoms with Gasteiger partial charge in [0.05, 0.1) is 23.3 Å². The van der Waals surface area contributed by atoms with Crippen LogP contribution in [0.1, 0.15) is 16.1 Å². The molecule has 4 N–H and O–H groups in total. The zero-order valence-corrected chi connectivity index (χ0v) is 19.8. The Labute approximate surface area is 214 Å². The molecule has 1 aliphatic rings. The van der Waals surface area contributed by atoms with Gasteiger partial charge in [-0.1, -0.05) is 29.8 Å². The second-order valence-corrected chi connectivity index (χ2v) is 8.68. The summed E-state index contributed by atoms with van der Waals surface area (Å²) < 4.78 is 10.7. The smallest absolute Gasteiger partial charge is 0.272 e. The number of nitrogens with one attached hydrogen (secondary N) is 4. The van der Waals surface area contributed by atoms with Crippen LogP contribution in [0, 0.1) is 0 Å². The minimum atomic E-state index is -0.388. The number of nitrogens with zero attached hydrogens (tertiary/aromatic N) is 3. The predicted octanol–water partition coefficient (Wildman–Crippen LogP) is 4.16. The molecule has 3 aromatic carbocycles. The molecule has 0 radical (unpaired) electrons. The van der Waals surface area contributed by atoms with Crippen molar-refractivity contribution in [3.63, 3.8) is 0 Å². The van der Waals surface area contributed by atoms with Crippen LogP contribution in [-0.4, -0.2) is 44.2 Å². The Hall–Kier alpha value is -4.90. The number of halogens is 1. The molecule has 2 aromatic heterocycles. The van der Waals surface area contributed by atoms with Crippen LogP contribution in [0.2, 0.25) is 5.02 Å².